The van der Waals surface area contributed by atoms with E-state index in [0.717, 1.165) is 46.4 Å². The fourth-order valence-electron chi connectivity index (χ4n) is 5.31. The van der Waals surface area contributed by atoms with Gasteiger partial charge in [-0.25, -0.2) is 10.0 Å². The van der Waals surface area contributed by atoms with Crippen molar-refractivity contribution in [1.29, 1.82) is 0 Å². The summed E-state index contributed by atoms with van der Waals surface area (Å²) in [6.45, 7) is 5.32. The molecule has 0 bridgehead atoms. The number of nitrogens with one attached hydrogen (secondary N) is 1. The number of hydrogen-bond donors (Lipinski definition) is 2. The summed E-state index contributed by atoms with van der Waals surface area (Å²) < 4.78 is 15.6. The zero-order valence-corrected chi connectivity index (χ0v) is 26.2. The lowest BCUT2D eigenvalue weighted by Gasteiger charge is -2.25. The summed E-state index contributed by atoms with van der Waals surface area (Å²) in [5.74, 6) is -1.08. The first-order valence-corrected chi connectivity index (χ1v) is 15.1. The van der Waals surface area contributed by atoms with Crippen LogP contribution in [0.5, 0.6) is 0 Å². The number of amides is 1. The van der Waals surface area contributed by atoms with E-state index in [2.05, 4.69) is 71.0 Å². The van der Waals surface area contributed by atoms with E-state index in [9.17, 15) is 19.3 Å². The first-order valence-electron chi connectivity index (χ1n) is 15.1. The van der Waals surface area contributed by atoms with Crippen LogP contribution in [-0.2, 0) is 4.84 Å². The molecule has 0 atom stereocenters. The molecule has 1 amide bonds. The monoisotopic (exact) mass is 616 g/mol. The maximum atomic E-state index is 13.2. The van der Waals surface area contributed by atoms with Gasteiger partial charge in [-0.2, -0.15) is 4.39 Å². The first-order chi connectivity index (χ1) is 21.6. The van der Waals surface area contributed by atoms with Gasteiger partial charge in [-0.1, -0.05) is 69.5 Å². The predicted molar refractivity (Wildman–Crippen MR) is 175 cm³/mol. The van der Waals surface area contributed by atoms with Crippen molar-refractivity contribution in [3.05, 3.63) is 94.6 Å². The van der Waals surface area contributed by atoms with Crippen molar-refractivity contribution in [2.45, 2.75) is 52.0 Å². The van der Waals surface area contributed by atoms with Crippen molar-refractivity contribution in [3.63, 3.8) is 0 Å². The van der Waals surface area contributed by atoms with Gasteiger partial charge in [0.15, 0.2) is 0 Å². The molecule has 1 aliphatic carbocycles. The molecule has 0 aliphatic heterocycles. The molecule has 10 nitrogen and oxygen atoms in total. The average molecular weight is 617 g/mol. The Kier molecular flexibility index (Phi) is 11.3. The van der Waals surface area contributed by atoms with Crippen LogP contribution >= 0.6 is 0 Å². The maximum absolute atomic E-state index is 13.2. The number of hydrogen-bond acceptors (Lipinski definition) is 7. The summed E-state index contributed by atoms with van der Waals surface area (Å²) in [5, 5.41) is 14.7. The molecule has 5 rings (SSSR count). The Morgan fingerprint density at radius 1 is 1.11 bits per heavy atom. The van der Waals surface area contributed by atoms with Crippen LogP contribution in [0.15, 0.2) is 73.1 Å². The molecule has 1 fully saturated rings. The van der Waals surface area contributed by atoms with Crippen LogP contribution < -0.4 is 11.1 Å². The van der Waals surface area contributed by atoms with Crippen molar-refractivity contribution in [2.75, 3.05) is 31.8 Å². The number of nitrogens with zero attached hydrogens (tertiary/aromatic N) is 4. The van der Waals surface area contributed by atoms with Gasteiger partial charge in [-0.05, 0) is 43.0 Å². The number of aromatic nitrogens is 2. The van der Waals surface area contributed by atoms with E-state index < -0.39 is 22.3 Å². The number of rotatable bonds is 9. The van der Waals surface area contributed by atoms with E-state index in [1.165, 1.54) is 63.6 Å². The SMILES string of the molecule is CC(C)CNc1cc(-c2c(-c3ccccc3)ncn2C2CCCCC2)ccc1N.CON(C)C(=O)c1ccc([N+](=O)[O-])c(F)c1. The van der Waals surface area contributed by atoms with E-state index in [1.807, 2.05) is 12.4 Å². The van der Waals surface area contributed by atoms with E-state index in [1.54, 1.807) is 0 Å². The van der Waals surface area contributed by atoms with Gasteiger partial charge in [0.25, 0.3) is 5.91 Å². The largest absolute Gasteiger partial charge is 0.397 e. The van der Waals surface area contributed by atoms with Crippen LogP contribution in [0.2, 0.25) is 0 Å². The molecule has 0 unspecified atom stereocenters. The Morgan fingerprint density at radius 3 is 2.44 bits per heavy atom. The third-order valence-electron chi connectivity index (χ3n) is 7.79. The lowest BCUT2D eigenvalue weighted by Crippen LogP contribution is -2.25. The van der Waals surface area contributed by atoms with Gasteiger partial charge in [-0.15, -0.1) is 0 Å². The molecule has 0 saturated heterocycles. The molecule has 238 valence electrons. The Hall–Kier alpha value is -4.77. The summed E-state index contributed by atoms with van der Waals surface area (Å²) in [6, 6.07) is 20.3. The highest BCUT2D eigenvalue weighted by atomic mass is 19.1. The number of imidazole rings is 1. The highest BCUT2D eigenvalue weighted by Gasteiger charge is 2.23. The van der Waals surface area contributed by atoms with Gasteiger partial charge in [0.1, 0.15) is 0 Å². The second-order valence-corrected chi connectivity index (χ2v) is 11.5. The minimum atomic E-state index is -1.06. The van der Waals surface area contributed by atoms with E-state index in [-0.39, 0.29) is 5.56 Å². The number of nitro groups is 1. The molecular formula is C34H41FN6O4. The summed E-state index contributed by atoms with van der Waals surface area (Å²) in [5.41, 5.74) is 12.0. The standard InChI is InChI=1S/C25H32N4.C9H9FN2O4/c1-18(2)16-27-23-15-20(13-14-22(23)26)25-24(19-9-5-3-6-10-19)28-17-29(25)21-11-7-4-8-12-21;1-11(16-2)9(13)6-3-4-8(12(14)15)7(10)5-6/h3,5-6,9-10,13-15,17-18,21,27H,4,7-8,11-12,16,26H2,1-2H3;3-5H,1-2H3. The quantitative estimate of drug-likeness (QED) is 0.112. The smallest absolute Gasteiger partial charge is 0.304 e. The Balaban J connectivity index is 0.000000245. The van der Waals surface area contributed by atoms with Crippen molar-refractivity contribution in [2.24, 2.45) is 5.92 Å². The number of carbonyl (C=O) groups excluding carboxylic acids is 1. The van der Waals surface area contributed by atoms with Gasteiger partial charge < -0.3 is 15.6 Å². The van der Waals surface area contributed by atoms with Crippen LogP contribution in [0.4, 0.5) is 21.5 Å². The molecule has 11 heteroatoms. The number of nitro benzene ring substituents is 1. The van der Waals surface area contributed by atoms with E-state index in [4.69, 9.17) is 10.7 Å². The van der Waals surface area contributed by atoms with Gasteiger partial charge in [0.2, 0.25) is 5.82 Å². The Labute approximate surface area is 263 Å². The van der Waals surface area contributed by atoms with E-state index in [0.29, 0.717) is 12.0 Å². The molecule has 3 N–H and O–H groups in total. The highest BCUT2D eigenvalue weighted by molar-refractivity contribution is 5.93. The number of nitrogen functional groups attached to an aromatic ring is 1. The Morgan fingerprint density at radius 2 is 1.82 bits per heavy atom. The molecule has 3 aromatic carbocycles. The number of hydroxylamine groups is 2. The molecule has 1 aliphatic rings. The maximum Gasteiger partial charge on any atom is 0.304 e. The van der Waals surface area contributed by atoms with Crippen LogP contribution in [0, 0.1) is 21.8 Å². The lowest BCUT2D eigenvalue weighted by atomic mass is 9.94. The van der Waals surface area contributed by atoms with Crippen LogP contribution in [0.1, 0.15) is 62.4 Å². The lowest BCUT2D eigenvalue weighted by molar-refractivity contribution is -0.387. The minimum absolute atomic E-state index is 0.0209. The normalized spacial score (nSPS) is 13.2. The zero-order valence-electron chi connectivity index (χ0n) is 26.2. The van der Waals surface area contributed by atoms with Crippen molar-refractivity contribution in [3.8, 4) is 22.5 Å². The molecule has 4 aromatic rings. The number of halogens is 1. The number of nitrogens with two attached hydrogens (primary N) is 1. The molecular weight excluding hydrogens is 575 g/mol. The topological polar surface area (TPSA) is 129 Å². The number of benzene rings is 3. The first kappa shape index (κ1) is 33.1. The fourth-order valence-corrected chi connectivity index (χ4v) is 5.31. The second kappa shape index (κ2) is 15.3. The summed E-state index contributed by atoms with van der Waals surface area (Å²) in [4.78, 5) is 30.4. The average Bonchev–Trinajstić information content (AvgIpc) is 3.50. The van der Waals surface area contributed by atoms with Gasteiger partial charge in [0, 0.05) is 42.4 Å². The van der Waals surface area contributed by atoms with Crippen LogP contribution in [-0.4, -0.2) is 46.1 Å². The van der Waals surface area contributed by atoms with Crippen molar-refractivity contribution < 1.29 is 18.9 Å². The second-order valence-electron chi connectivity index (χ2n) is 11.5. The van der Waals surface area contributed by atoms with Crippen molar-refractivity contribution >= 4 is 23.0 Å². The third kappa shape index (κ3) is 8.24. The summed E-state index contributed by atoms with van der Waals surface area (Å²) in [6.07, 6.45) is 8.44. The molecule has 1 aromatic heterocycles. The third-order valence-corrected chi connectivity index (χ3v) is 7.79. The molecule has 45 heavy (non-hydrogen) atoms. The minimum Gasteiger partial charge on any atom is -0.397 e. The zero-order chi connectivity index (χ0) is 32.5. The predicted octanol–water partition coefficient (Wildman–Crippen LogP) is 7.74. The van der Waals surface area contributed by atoms with Gasteiger partial charge >= 0.3 is 5.69 Å². The fraction of sp³-hybridized carbons (Fsp3) is 0.353. The van der Waals surface area contributed by atoms with Gasteiger partial charge in [-0.3, -0.25) is 19.7 Å². The summed E-state index contributed by atoms with van der Waals surface area (Å²) >= 11 is 0. The van der Waals surface area contributed by atoms with Crippen LogP contribution in [0.25, 0.3) is 22.5 Å². The Bertz CT molecular complexity index is 1600. The molecule has 1 heterocycles. The molecule has 0 radical (unpaired) electrons. The van der Waals surface area contributed by atoms with E-state index >= 15 is 0 Å². The number of carbonyl (C=O) groups is 1. The molecule has 1 saturated carbocycles. The van der Waals surface area contributed by atoms with Gasteiger partial charge in [0.05, 0.1) is 41.1 Å². The molecule has 0 spiro atoms. The highest BCUT2D eigenvalue weighted by Crippen LogP contribution is 2.39. The number of anilines is 2. The van der Waals surface area contributed by atoms with Crippen molar-refractivity contribution in [1.82, 2.24) is 14.6 Å². The van der Waals surface area contributed by atoms with Crippen LogP contribution in [0.3, 0.4) is 0 Å². The summed E-state index contributed by atoms with van der Waals surface area (Å²) in [7, 11) is 2.63.